The van der Waals surface area contributed by atoms with Crippen molar-refractivity contribution in [2.75, 3.05) is 13.2 Å². The van der Waals surface area contributed by atoms with Crippen molar-refractivity contribution in [1.29, 1.82) is 0 Å². The van der Waals surface area contributed by atoms with Gasteiger partial charge in [-0.05, 0) is 55.7 Å². The van der Waals surface area contributed by atoms with Gasteiger partial charge in [-0.2, -0.15) is 0 Å². The van der Waals surface area contributed by atoms with E-state index in [1.807, 2.05) is 12.4 Å². The highest BCUT2D eigenvalue weighted by atomic mass is 16.5. The molecule has 2 atom stereocenters. The van der Waals surface area contributed by atoms with E-state index in [0.29, 0.717) is 6.04 Å². The summed E-state index contributed by atoms with van der Waals surface area (Å²) >= 11 is 0. The summed E-state index contributed by atoms with van der Waals surface area (Å²) < 4.78 is 5.71. The largest absolute Gasteiger partial charge is 0.492 e. The summed E-state index contributed by atoms with van der Waals surface area (Å²) in [6.45, 7) is 8.60. The lowest BCUT2D eigenvalue weighted by Crippen LogP contribution is -2.29. The highest BCUT2D eigenvalue weighted by Gasteiger charge is 2.36. The van der Waals surface area contributed by atoms with Crippen molar-refractivity contribution in [2.24, 2.45) is 0 Å². The monoisotopic (exact) mass is 276 g/mol. The predicted octanol–water partition coefficient (Wildman–Crippen LogP) is 3.68. The van der Waals surface area contributed by atoms with Gasteiger partial charge in [-0.1, -0.05) is 20.8 Å². The second-order valence-electron chi connectivity index (χ2n) is 6.21. The average molecular weight is 276 g/mol. The first-order chi connectivity index (χ1) is 9.68. The summed E-state index contributed by atoms with van der Waals surface area (Å²) in [5.41, 5.74) is 1.57. The van der Waals surface area contributed by atoms with Crippen molar-refractivity contribution in [3.63, 3.8) is 0 Å². The first-order valence-corrected chi connectivity index (χ1v) is 7.99. The zero-order chi connectivity index (χ0) is 14.4. The first kappa shape index (κ1) is 15.3. The maximum Gasteiger partial charge on any atom is 0.137 e. The Kier molecular flexibility index (Phi) is 5.41. The molecule has 3 heteroatoms. The van der Waals surface area contributed by atoms with Crippen molar-refractivity contribution < 1.29 is 4.74 Å². The number of aromatic nitrogens is 1. The van der Waals surface area contributed by atoms with Crippen LogP contribution in [0.4, 0.5) is 0 Å². The lowest BCUT2D eigenvalue weighted by atomic mass is 9.81. The molecule has 0 amide bonds. The SMILES string of the molecule is CCCNC1CCC(C)(c2cncc(OCCC)c2)C1. The molecule has 1 heterocycles. The molecular formula is C17H28N2O. The van der Waals surface area contributed by atoms with E-state index < -0.39 is 0 Å². The van der Waals surface area contributed by atoms with Crippen LogP contribution in [0.3, 0.4) is 0 Å². The summed E-state index contributed by atoms with van der Waals surface area (Å²) in [6.07, 6.45) is 9.76. The molecule has 1 saturated carbocycles. The zero-order valence-electron chi connectivity index (χ0n) is 13.1. The lowest BCUT2D eigenvalue weighted by Gasteiger charge is -2.25. The Balaban J connectivity index is 2.03. The quantitative estimate of drug-likeness (QED) is 0.825. The Labute approximate surface area is 123 Å². The zero-order valence-corrected chi connectivity index (χ0v) is 13.1. The van der Waals surface area contributed by atoms with Crippen LogP contribution in [0.5, 0.6) is 5.75 Å². The lowest BCUT2D eigenvalue weighted by molar-refractivity contribution is 0.314. The minimum Gasteiger partial charge on any atom is -0.492 e. The van der Waals surface area contributed by atoms with E-state index in [2.05, 4.69) is 37.1 Å². The molecular weight excluding hydrogens is 248 g/mol. The van der Waals surface area contributed by atoms with Crippen LogP contribution in [0.25, 0.3) is 0 Å². The minimum absolute atomic E-state index is 0.240. The molecule has 1 aliphatic rings. The Bertz CT molecular complexity index is 421. The van der Waals surface area contributed by atoms with Crippen LogP contribution in [0, 0.1) is 0 Å². The molecule has 20 heavy (non-hydrogen) atoms. The van der Waals surface area contributed by atoms with Crippen molar-refractivity contribution in [2.45, 2.75) is 64.3 Å². The molecule has 1 N–H and O–H groups in total. The number of nitrogens with one attached hydrogen (secondary N) is 1. The van der Waals surface area contributed by atoms with Gasteiger partial charge in [0.05, 0.1) is 12.8 Å². The first-order valence-electron chi connectivity index (χ1n) is 7.99. The van der Waals surface area contributed by atoms with Crippen LogP contribution in [-0.2, 0) is 5.41 Å². The van der Waals surface area contributed by atoms with Crippen LogP contribution >= 0.6 is 0 Å². The number of rotatable bonds is 7. The maximum atomic E-state index is 5.71. The number of ether oxygens (including phenoxy) is 1. The van der Waals surface area contributed by atoms with Gasteiger partial charge in [0.1, 0.15) is 5.75 Å². The van der Waals surface area contributed by atoms with E-state index in [0.717, 1.165) is 25.3 Å². The molecule has 1 aromatic rings. The predicted molar refractivity (Wildman–Crippen MR) is 83.3 cm³/mol. The Morgan fingerprint density at radius 2 is 2.20 bits per heavy atom. The number of hydrogen-bond acceptors (Lipinski definition) is 3. The fraction of sp³-hybridized carbons (Fsp3) is 0.706. The van der Waals surface area contributed by atoms with Crippen LogP contribution < -0.4 is 10.1 Å². The van der Waals surface area contributed by atoms with Crippen molar-refractivity contribution in [3.05, 3.63) is 24.0 Å². The second kappa shape index (κ2) is 7.07. The molecule has 1 fully saturated rings. The van der Waals surface area contributed by atoms with E-state index in [4.69, 9.17) is 4.74 Å². The highest BCUT2D eigenvalue weighted by Crippen LogP contribution is 2.41. The van der Waals surface area contributed by atoms with Crippen molar-refractivity contribution in [1.82, 2.24) is 10.3 Å². The number of pyridine rings is 1. The van der Waals surface area contributed by atoms with Gasteiger partial charge in [0.25, 0.3) is 0 Å². The Morgan fingerprint density at radius 1 is 1.35 bits per heavy atom. The van der Waals surface area contributed by atoms with E-state index in [-0.39, 0.29) is 5.41 Å². The topological polar surface area (TPSA) is 34.2 Å². The van der Waals surface area contributed by atoms with Crippen LogP contribution in [0.2, 0.25) is 0 Å². The van der Waals surface area contributed by atoms with Crippen LogP contribution in [0.15, 0.2) is 18.5 Å². The summed E-state index contributed by atoms with van der Waals surface area (Å²) in [4.78, 5) is 4.37. The average Bonchev–Trinajstić information content (AvgIpc) is 2.86. The van der Waals surface area contributed by atoms with Gasteiger partial charge in [0, 0.05) is 12.2 Å². The Hall–Kier alpha value is -1.09. The van der Waals surface area contributed by atoms with Gasteiger partial charge in [-0.3, -0.25) is 4.98 Å². The van der Waals surface area contributed by atoms with Gasteiger partial charge < -0.3 is 10.1 Å². The van der Waals surface area contributed by atoms with Gasteiger partial charge in [0.15, 0.2) is 0 Å². The molecule has 0 bridgehead atoms. The fourth-order valence-corrected chi connectivity index (χ4v) is 3.07. The third-order valence-electron chi connectivity index (χ3n) is 4.31. The van der Waals surface area contributed by atoms with Crippen molar-refractivity contribution >= 4 is 0 Å². The van der Waals surface area contributed by atoms with E-state index >= 15 is 0 Å². The van der Waals surface area contributed by atoms with E-state index in [1.165, 1.54) is 31.2 Å². The molecule has 112 valence electrons. The van der Waals surface area contributed by atoms with Gasteiger partial charge in [-0.25, -0.2) is 0 Å². The maximum absolute atomic E-state index is 5.71. The third kappa shape index (κ3) is 3.72. The highest BCUT2D eigenvalue weighted by molar-refractivity contribution is 5.31. The number of nitrogens with zero attached hydrogens (tertiary/aromatic N) is 1. The molecule has 1 aromatic heterocycles. The van der Waals surface area contributed by atoms with Crippen LogP contribution in [-0.4, -0.2) is 24.2 Å². The summed E-state index contributed by atoms with van der Waals surface area (Å²) in [5, 5.41) is 3.65. The molecule has 0 aromatic carbocycles. The van der Waals surface area contributed by atoms with Crippen LogP contribution in [0.1, 0.15) is 58.4 Å². The summed E-state index contributed by atoms with van der Waals surface area (Å²) in [6, 6.07) is 2.84. The summed E-state index contributed by atoms with van der Waals surface area (Å²) in [5.74, 6) is 0.913. The summed E-state index contributed by atoms with van der Waals surface area (Å²) in [7, 11) is 0. The van der Waals surface area contributed by atoms with E-state index in [1.54, 1.807) is 0 Å². The van der Waals surface area contributed by atoms with Gasteiger partial charge in [0.2, 0.25) is 0 Å². The normalized spacial score (nSPS) is 25.9. The molecule has 0 radical (unpaired) electrons. The molecule has 2 rings (SSSR count). The van der Waals surface area contributed by atoms with Crippen molar-refractivity contribution in [3.8, 4) is 5.75 Å². The molecule has 2 unspecified atom stereocenters. The molecule has 0 spiro atoms. The van der Waals surface area contributed by atoms with E-state index in [9.17, 15) is 0 Å². The molecule has 1 aliphatic carbocycles. The van der Waals surface area contributed by atoms with Gasteiger partial charge >= 0.3 is 0 Å². The minimum atomic E-state index is 0.240. The molecule has 3 nitrogen and oxygen atoms in total. The fourth-order valence-electron chi connectivity index (χ4n) is 3.07. The third-order valence-corrected chi connectivity index (χ3v) is 4.31. The standard InChI is InChI=1S/C17H28N2O/c1-4-8-19-15-6-7-17(3,11-15)14-10-16(13-18-12-14)20-9-5-2/h10,12-13,15,19H,4-9,11H2,1-3H3. The Morgan fingerprint density at radius 3 is 2.95 bits per heavy atom. The molecule has 0 saturated heterocycles. The molecule has 0 aliphatic heterocycles. The smallest absolute Gasteiger partial charge is 0.137 e. The number of hydrogen-bond donors (Lipinski definition) is 1. The van der Waals surface area contributed by atoms with Gasteiger partial charge in [-0.15, -0.1) is 0 Å². The second-order valence-corrected chi connectivity index (χ2v) is 6.21.